The lowest BCUT2D eigenvalue weighted by atomic mass is 10.2. The molecule has 0 unspecified atom stereocenters. The smallest absolute Gasteiger partial charge is 0.256 e. The highest BCUT2D eigenvalue weighted by atomic mass is 32.2. The minimum absolute atomic E-state index is 0.0652. The molecular formula is C13H14FN3O2S. The molecule has 0 saturated carbocycles. The molecular weight excluding hydrogens is 281 g/mol. The van der Waals surface area contributed by atoms with Crippen LogP contribution >= 0.6 is 11.8 Å². The van der Waals surface area contributed by atoms with Crippen molar-refractivity contribution in [2.75, 3.05) is 16.8 Å². The van der Waals surface area contributed by atoms with Gasteiger partial charge in [0, 0.05) is 5.69 Å². The number of nitrogens with one attached hydrogen (secondary N) is 1. The Labute approximate surface area is 119 Å². The van der Waals surface area contributed by atoms with Crippen LogP contribution in [0.1, 0.15) is 11.5 Å². The molecule has 20 heavy (non-hydrogen) atoms. The molecule has 0 atom stereocenters. The molecule has 2 rings (SSSR count). The van der Waals surface area contributed by atoms with Crippen LogP contribution in [0, 0.1) is 19.7 Å². The predicted octanol–water partition coefficient (Wildman–Crippen LogP) is 2.74. The maximum atomic E-state index is 13.4. The summed E-state index contributed by atoms with van der Waals surface area (Å²) < 4.78 is 18.8. The summed E-state index contributed by atoms with van der Waals surface area (Å²) >= 11 is 1.15. The fourth-order valence-electron chi connectivity index (χ4n) is 1.46. The molecule has 0 fully saturated rings. The van der Waals surface area contributed by atoms with E-state index in [4.69, 9.17) is 10.2 Å². The van der Waals surface area contributed by atoms with Crippen LogP contribution in [0.2, 0.25) is 0 Å². The Morgan fingerprint density at radius 1 is 1.50 bits per heavy atom. The van der Waals surface area contributed by atoms with Crippen molar-refractivity contribution >= 4 is 29.0 Å². The van der Waals surface area contributed by atoms with Gasteiger partial charge in [0.2, 0.25) is 5.91 Å². The van der Waals surface area contributed by atoms with E-state index in [0.29, 0.717) is 10.9 Å². The highest BCUT2D eigenvalue weighted by Crippen LogP contribution is 2.21. The van der Waals surface area contributed by atoms with E-state index in [2.05, 4.69) is 10.3 Å². The minimum atomic E-state index is -0.527. The molecule has 0 radical (unpaired) electrons. The third-order valence-corrected chi connectivity index (χ3v) is 3.43. The number of benzene rings is 1. The number of oxazole rings is 1. The number of carbonyl (C=O) groups excluding carboxylic acids is 1. The average Bonchev–Trinajstić information content (AvgIpc) is 2.71. The Kier molecular flexibility index (Phi) is 4.29. The van der Waals surface area contributed by atoms with Gasteiger partial charge in [-0.2, -0.15) is 0 Å². The van der Waals surface area contributed by atoms with Crippen LogP contribution < -0.4 is 11.1 Å². The van der Waals surface area contributed by atoms with Gasteiger partial charge in [0.1, 0.15) is 11.6 Å². The van der Waals surface area contributed by atoms with Crippen molar-refractivity contribution in [2.45, 2.75) is 19.1 Å². The molecule has 0 aliphatic rings. The summed E-state index contributed by atoms with van der Waals surface area (Å²) in [5.74, 6) is -0.0867. The summed E-state index contributed by atoms with van der Waals surface area (Å²) in [5.41, 5.74) is 6.77. The number of nitrogens with zero attached hydrogens (tertiary/aromatic N) is 1. The van der Waals surface area contributed by atoms with E-state index in [1.54, 1.807) is 6.92 Å². The second kappa shape index (κ2) is 5.96. The Bertz CT molecular complexity index is 623. The number of thioether (sulfide) groups is 1. The number of carbonyl (C=O) groups is 1. The number of anilines is 2. The maximum absolute atomic E-state index is 13.4. The Morgan fingerprint density at radius 3 is 2.90 bits per heavy atom. The Balaban J connectivity index is 1.94. The summed E-state index contributed by atoms with van der Waals surface area (Å²) in [6, 6.07) is 4.01. The quantitative estimate of drug-likeness (QED) is 0.669. The largest absolute Gasteiger partial charge is 0.437 e. The normalized spacial score (nSPS) is 10.6. The molecule has 0 bridgehead atoms. The molecule has 1 aromatic heterocycles. The zero-order chi connectivity index (χ0) is 14.7. The van der Waals surface area contributed by atoms with Gasteiger partial charge in [0.05, 0.1) is 17.1 Å². The van der Waals surface area contributed by atoms with Crippen molar-refractivity contribution in [2.24, 2.45) is 0 Å². The molecule has 1 aromatic carbocycles. The third-order valence-electron chi connectivity index (χ3n) is 2.60. The van der Waals surface area contributed by atoms with E-state index in [0.717, 1.165) is 23.2 Å². The molecule has 2 aromatic rings. The molecule has 0 saturated heterocycles. The average molecular weight is 295 g/mol. The predicted molar refractivity (Wildman–Crippen MR) is 76.1 cm³/mol. The topological polar surface area (TPSA) is 81.2 Å². The van der Waals surface area contributed by atoms with Gasteiger partial charge in [0.25, 0.3) is 5.22 Å². The van der Waals surface area contributed by atoms with Crippen LogP contribution in [-0.4, -0.2) is 16.6 Å². The van der Waals surface area contributed by atoms with Crippen molar-refractivity contribution in [1.82, 2.24) is 4.98 Å². The summed E-state index contributed by atoms with van der Waals surface area (Å²) in [6.07, 6.45) is 0. The molecule has 5 nitrogen and oxygen atoms in total. The number of hydrogen-bond donors (Lipinski definition) is 2. The van der Waals surface area contributed by atoms with Gasteiger partial charge < -0.3 is 15.5 Å². The summed E-state index contributed by atoms with van der Waals surface area (Å²) in [5, 5.41) is 2.88. The van der Waals surface area contributed by atoms with Gasteiger partial charge in [-0.1, -0.05) is 11.8 Å². The van der Waals surface area contributed by atoms with Crippen molar-refractivity contribution in [3.63, 3.8) is 0 Å². The number of amides is 1. The van der Waals surface area contributed by atoms with E-state index in [-0.39, 0.29) is 17.3 Å². The second-order valence-corrected chi connectivity index (χ2v) is 5.12. The van der Waals surface area contributed by atoms with Crippen LogP contribution in [0.3, 0.4) is 0 Å². The van der Waals surface area contributed by atoms with Gasteiger partial charge in [0.15, 0.2) is 0 Å². The number of nitrogens with two attached hydrogens (primary N) is 1. The van der Waals surface area contributed by atoms with Crippen LogP contribution in [0.25, 0.3) is 0 Å². The Morgan fingerprint density at radius 2 is 2.25 bits per heavy atom. The second-order valence-electron chi connectivity index (χ2n) is 4.20. The lowest BCUT2D eigenvalue weighted by Crippen LogP contribution is -2.15. The van der Waals surface area contributed by atoms with Crippen LogP contribution in [0.15, 0.2) is 27.8 Å². The van der Waals surface area contributed by atoms with Crippen molar-refractivity contribution < 1.29 is 13.6 Å². The first-order valence-electron chi connectivity index (χ1n) is 5.87. The molecule has 1 heterocycles. The maximum Gasteiger partial charge on any atom is 0.256 e. The van der Waals surface area contributed by atoms with Gasteiger partial charge in [-0.15, -0.1) is 0 Å². The van der Waals surface area contributed by atoms with Gasteiger partial charge in [-0.25, -0.2) is 9.37 Å². The zero-order valence-corrected chi connectivity index (χ0v) is 11.9. The number of aromatic nitrogens is 1. The van der Waals surface area contributed by atoms with E-state index < -0.39 is 5.82 Å². The first kappa shape index (κ1) is 14.4. The molecule has 0 spiro atoms. The van der Waals surface area contributed by atoms with Crippen molar-refractivity contribution in [3.05, 3.63) is 35.5 Å². The van der Waals surface area contributed by atoms with Gasteiger partial charge in [-0.05, 0) is 32.0 Å². The molecule has 0 aliphatic heterocycles. The summed E-state index contributed by atoms with van der Waals surface area (Å²) in [7, 11) is 0. The number of nitrogen functional groups attached to an aromatic ring is 1. The molecule has 1 amide bonds. The van der Waals surface area contributed by atoms with Gasteiger partial charge in [-0.3, -0.25) is 4.79 Å². The first-order valence-corrected chi connectivity index (χ1v) is 6.86. The lowest BCUT2D eigenvalue weighted by molar-refractivity contribution is -0.113. The van der Waals surface area contributed by atoms with Crippen LogP contribution in [0.4, 0.5) is 15.8 Å². The highest BCUT2D eigenvalue weighted by molar-refractivity contribution is 7.99. The van der Waals surface area contributed by atoms with Crippen molar-refractivity contribution in [1.29, 1.82) is 0 Å². The monoisotopic (exact) mass is 295 g/mol. The van der Waals surface area contributed by atoms with E-state index in [9.17, 15) is 9.18 Å². The van der Waals surface area contributed by atoms with E-state index in [1.807, 2.05) is 6.92 Å². The zero-order valence-electron chi connectivity index (χ0n) is 11.1. The lowest BCUT2D eigenvalue weighted by Gasteiger charge is -2.06. The number of hydrogen-bond acceptors (Lipinski definition) is 5. The standard InChI is InChI=1S/C13H14FN3O2S/c1-7-8(2)19-13(16-7)20-6-12(18)17-11-5-9(15)3-4-10(11)14/h3-5H,6,15H2,1-2H3,(H,17,18). The van der Waals surface area contributed by atoms with Crippen LogP contribution in [-0.2, 0) is 4.79 Å². The fourth-order valence-corrected chi connectivity index (χ4v) is 2.17. The third kappa shape index (κ3) is 3.51. The highest BCUT2D eigenvalue weighted by Gasteiger charge is 2.11. The van der Waals surface area contributed by atoms with E-state index in [1.165, 1.54) is 18.2 Å². The first-order chi connectivity index (χ1) is 9.45. The number of aryl methyl sites for hydroxylation is 2. The minimum Gasteiger partial charge on any atom is -0.437 e. The molecule has 106 valence electrons. The SMILES string of the molecule is Cc1nc(SCC(=O)Nc2cc(N)ccc2F)oc1C. The Hall–Kier alpha value is -2.02. The molecule has 7 heteroatoms. The molecule has 3 N–H and O–H groups in total. The van der Waals surface area contributed by atoms with Crippen LogP contribution in [0.5, 0.6) is 0 Å². The van der Waals surface area contributed by atoms with E-state index >= 15 is 0 Å². The van der Waals surface area contributed by atoms with Gasteiger partial charge >= 0.3 is 0 Å². The fraction of sp³-hybridized carbons (Fsp3) is 0.231. The number of rotatable bonds is 4. The number of halogens is 1. The van der Waals surface area contributed by atoms with Crippen molar-refractivity contribution in [3.8, 4) is 0 Å². The summed E-state index contributed by atoms with van der Waals surface area (Å²) in [6.45, 7) is 3.62. The molecule has 0 aliphatic carbocycles. The summed E-state index contributed by atoms with van der Waals surface area (Å²) in [4.78, 5) is 15.9.